The Morgan fingerprint density at radius 1 is 1.10 bits per heavy atom. The molecule has 4 heterocycles. The van der Waals surface area contributed by atoms with Gasteiger partial charge >= 0.3 is 0 Å². The summed E-state index contributed by atoms with van der Waals surface area (Å²) in [5.74, 6) is 1.76. The van der Waals surface area contributed by atoms with E-state index in [4.69, 9.17) is 4.74 Å². The van der Waals surface area contributed by atoms with Gasteiger partial charge in [-0.05, 0) is 46.0 Å². The number of fused-ring (bicyclic) bond motifs is 3. The van der Waals surface area contributed by atoms with Crippen molar-refractivity contribution in [3.63, 3.8) is 0 Å². The van der Waals surface area contributed by atoms with E-state index in [-0.39, 0.29) is 0 Å². The van der Waals surface area contributed by atoms with Crippen molar-refractivity contribution < 1.29 is 4.74 Å². The van der Waals surface area contributed by atoms with Gasteiger partial charge in [0.1, 0.15) is 17.9 Å². The van der Waals surface area contributed by atoms with Crippen LogP contribution in [0.3, 0.4) is 0 Å². The zero-order valence-electron chi connectivity index (χ0n) is 18.2. The summed E-state index contributed by atoms with van der Waals surface area (Å²) in [7, 11) is 4.16. The van der Waals surface area contributed by atoms with Crippen LogP contribution in [-0.4, -0.2) is 63.2 Å². The molecule has 0 aliphatic carbocycles. The number of hydrogen-bond donors (Lipinski definition) is 0. The summed E-state index contributed by atoms with van der Waals surface area (Å²) < 4.78 is 8.02. The van der Waals surface area contributed by atoms with Gasteiger partial charge in [0.05, 0.1) is 47.6 Å². The van der Waals surface area contributed by atoms with Crippen LogP contribution in [0.5, 0.6) is 5.75 Å². The van der Waals surface area contributed by atoms with Crippen molar-refractivity contribution in [1.29, 1.82) is 0 Å². The van der Waals surface area contributed by atoms with E-state index < -0.39 is 0 Å². The van der Waals surface area contributed by atoms with Gasteiger partial charge in [-0.1, -0.05) is 0 Å². The molecule has 1 aliphatic rings. The highest BCUT2D eigenvalue weighted by atomic mass is 16.5. The Balaban J connectivity index is 1.61. The highest BCUT2D eigenvalue weighted by Crippen LogP contribution is 2.39. The van der Waals surface area contributed by atoms with Gasteiger partial charge < -0.3 is 19.1 Å². The fourth-order valence-corrected chi connectivity index (χ4v) is 4.27. The lowest BCUT2D eigenvalue weighted by molar-refractivity contribution is 0.334. The van der Waals surface area contributed by atoms with Crippen LogP contribution < -0.4 is 9.64 Å². The summed E-state index contributed by atoms with van der Waals surface area (Å²) in [6.07, 6.45) is 9.30. The first-order valence-corrected chi connectivity index (χ1v) is 10.8. The summed E-state index contributed by atoms with van der Waals surface area (Å²) in [4.78, 5) is 22.8. The van der Waals surface area contributed by atoms with Crippen molar-refractivity contribution in [1.82, 2.24) is 29.4 Å². The van der Waals surface area contributed by atoms with Crippen LogP contribution in [0.1, 0.15) is 18.9 Å². The molecule has 0 fully saturated rings. The number of hydrogen-bond acceptors (Lipinski definition) is 7. The molecular weight excluding hydrogens is 390 g/mol. The molecule has 0 spiro atoms. The molecule has 31 heavy (non-hydrogen) atoms. The first kappa shape index (κ1) is 19.7. The Bertz CT molecular complexity index is 1230. The number of anilines is 2. The third kappa shape index (κ3) is 3.57. The van der Waals surface area contributed by atoms with Crippen molar-refractivity contribution >= 4 is 33.4 Å². The molecule has 3 aromatic heterocycles. The third-order valence-corrected chi connectivity index (χ3v) is 5.79. The molecule has 1 aliphatic heterocycles. The summed E-state index contributed by atoms with van der Waals surface area (Å²) in [5.41, 5.74) is 5.24. The molecule has 0 N–H and O–H groups in total. The maximum absolute atomic E-state index is 5.84. The van der Waals surface area contributed by atoms with E-state index in [1.54, 1.807) is 6.33 Å². The van der Waals surface area contributed by atoms with E-state index in [9.17, 15) is 0 Å². The number of pyridine rings is 1. The van der Waals surface area contributed by atoms with Crippen LogP contribution in [0.4, 0.5) is 11.5 Å². The van der Waals surface area contributed by atoms with Gasteiger partial charge in [0.2, 0.25) is 0 Å². The number of likely N-dealkylation sites (N-methyl/N-ethyl adjacent to an activating group) is 1. The molecule has 0 saturated heterocycles. The van der Waals surface area contributed by atoms with Crippen LogP contribution in [0.2, 0.25) is 0 Å². The molecule has 5 rings (SSSR count). The fourth-order valence-electron chi connectivity index (χ4n) is 4.27. The van der Waals surface area contributed by atoms with E-state index in [0.29, 0.717) is 6.61 Å². The van der Waals surface area contributed by atoms with Crippen molar-refractivity contribution in [2.75, 3.05) is 38.7 Å². The smallest absolute Gasteiger partial charge is 0.144 e. The Kier molecular flexibility index (Phi) is 5.15. The quantitative estimate of drug-likeness (QED) is 0.476. The molecule has 0 radical (unpaired) electrons. The lowest BCUT2D eigenvalue weighted by atomic mass is 10.0. The van der Waals surface area contributed by atoms with Crippen molar-refractivity contribution in [3.8, 4) is 5.75 Å². The topological polar surface area (TPSA) is 72.2 Å². The maximum Gasteiger partial charge on any atom is 0.144 e. The number of benzene rings is 1. The molecule has 0 unspecified atom stereocenters. The van der Waals surface area contributed by atoms with Crippen molar-refractivity contribution in [2.45, 2.75) is 26.3 Å². The Hall–Kier alpha value is -3.26. The molecule has 0 bridgehead atoms. The maximum atomic E-state index is 5.84. The van der Waals surface area contributed by atoms with Crippen LogP contribution in [0, 0.1) is 0 Å². The SMILES string of the molecule is CCOc1cncc2c1CCCN2c1ncnc2cc3c(cc12)ncn3CCN(C)C. The molecule has 160 valence electrons. The van der Waals surface area contributed by atoms with Gasteiger partial charge in [-0.15, -0.1) is 0 Å². The molecule has 1 aromatic carbocycles. The second kappa shape index (κ2) is 8.11. The van der Waals surface area contributed by atoms with Crippen LogP contribution >= 0.6 is 0 Å². The van der Waals surface area contributed by atoms with Gasteiger partial charge in [-0.25, -0.2) is 15.0 Å². The lowest BCUT2D eigenvalue weighted by Gasteiger charge is -2.31. The molecular formula is C23H27N7O. The Morgan fingerprint density at radius 2 is 2.00 bits per heavy atom. The average Bonchev–Trinajstić information content (AvgIpc) is 3.17. The molecule has 8 heteroatoms. The first-order chi connectivity index (χ1) is 15.2. The Morgan fingerprint density at radius 3 is 2.84 bits per heavy atom. The van der Waals surface area contributed by atoms with E-state index in [1.165, 1.54) is 5.56 Å². The lowest BCUT2D eigenvalue weighted by Crippen LogP contribution is -2.26. The van der Waals surface area contributed by atoms with Gasteiger partial charge in [0.15, 0.2) is 0 Å². The number of rotatable bonds is 6. The van der Waals surface area contributed by atoms with Gasteiger partial charge in [0, 0.05) is 30.6 Å². The minimum absolute atomic E-state index is 0.628. The van der Waals surface area contributed by atoms with Gasteiger partial charge in [-0.2, -0.15) is 0 Å². The number of imidazole rings is 1. The summed E-state index contributed by atoms with van der Waals surface area (Å²) in [6, 6.07) is 4.23. The van der Waals surface area contributed by atoms with Crippen molar-refractivity contribution in [3.05, 3.63) is 42.7 Å². The predicted molar refractivity (Wildman–Crippen MR) is 122 cm³/mol. The monoisotopic (exact) mass is 417 g/mol. The van der Waals surface area contributed by atoms with Crippen molar-refractivity contribution in [2.24, 2.45) is 0 Å². The standard InChI is InChI=1S/C23H27N7O/c1-4-31-22-13-24-12-21-16(22)6-5-7-30(21)23-17-10-19-20(11-18(17)25-14-26-23)29(15-27-19)9-8-28(2)3/h10-15H,4-9H2,1-3H3. The second-order valence-electron chi connectivity index (χ2n) is 8.12. The number of ether oxygens (including phenoxy) is 1. The number of nitrogens with zero attached hydrogens (tertiary/aromatic N) is 7. The van der Waals surface area contributed by atoms with E-state index >= 15 is 0 Å². The minimum Gasteiger partial charge on any atom is -0.492 e. The first-order valence-electron chi connectivity index (χ1n) is 10.8. The van der Waals surface area contributed by atoms with E-state index in [2.05, 4.69) is 60.5 Å². The van der Waals surface area contributed by atoms with Gasteiger partial charge in [0.25, 0.3) is 0 Å². The largest absolute Gasteiger partial charge is 0.492 e. The van der Waals surface area contributed by atoms with Crippen LogP contribution in [0.15, 0.2) is 37.2 Å². The summed E-state index contributed by atoms with van der Waals surface area (Å²) in [6.45, 7) is 5.35. The normalized spacial score (nSPS) is 13.9. The molecule has 0 amide bonds. The Labute approximate surface area is 181 Å². The molecule has 0 saturated carbocycles. The zero-order chi connectivity index (χ0) is 21.4. The van der Waals surface area contributed by atoms with Crippen LogP contribution in [0.25, 0.3) is 21.9 Å². The highest BCUT2D eigenvalue weighted by molar-refractivity contribution is 6.00. The average molecular weight is 418 g/mol. The molecule has 8 nitrogen and oxygen atoms in total. The molecule has 4 aromatic rings. The van der Waals surface area contributed by atoms with E-state index in [0.717, 1.165) is 71.7 Å². The third-order valence-electron chi connectivity index (χ3n) is 5.79. The predicted octanol–water partition coefficient (Wildman–Crippen LogP) is 3.42. The second-order valence-corrected chi connectivity index (χ2v) is 8.12. The highest BCUT2D eigenvalue weighted by Gasteiger charge is 2.24. The van der Waals surface area contributed by atoms with Gasteiger partial charge in [-0.3, -0.25) is 4.98 Å². The summed E-state index contributed by atoms with van der Waals surface area (Å²) >= 11 is 0. The fraction of sp³-hybridized carbons (Fsp3) is 0.391. The minimum atomic E-state index is 0.628. The van der Waals surface area contributed by atoms with E-state index in [1.807, 2.05) is 25.6 Å². The summed E-state index contributed by atoms with van der Waals surface area (Å²) in [5, 5.41) is 1.00. The van der Waals surface area contributed by atoms with Crippen LogP contribution in [-0.2, 0) is 13.0 Å². The number of aromatic nitrogens is 5. The zero-order valence-corrected chi connectivity index (χ0v) is 18.2. The molecule has 0 atom stereocenters.